The minimum atomic E-state index is 0.238. The molecule has 5 heteroatoms. The van der Waals surface area contributed by atoms with Crippen LogP contribution < -0.4 is 10.6 Å². The van der Waals surface area contributed by atoms with E-state index in [0.717, 1.165) is 30.2 Å². The largest absolute Gasteiger partial charge is 0.339 e. The normalized spacial score (nSPS) is 21.8. The van der Waals surface area contributed by atoms with Crippen LogP contribution in [0.2, 0.25) is 0 Å². The maximum Gasteiger partial charge on any atom is 0.245 e. The fraction of sp³-hybridized carbons (Fsp3) is 0.571. The van der Waals surface area contributed by atoms with Gasteiger partial charge in [-0.1, -0.05) is 6.07 Å². The van der Waals surface area contributed by atoms with Crippen molar-refractivity contribution in [1.29, 1.82) is 0 Å². The number of hydrogen-bond donors (Lipinski definition) is 1. The Morgan fingerprint density at radius 1 is 1.47 bits per heavy atom. The molecule has 2 unspecified atom stereocenters. The van der Waals surface area contributed by atoms with Gasteiger partial charge in [-0.05, 0) is 44.2 Å². The molecular formula is C14H21N5. The van der Waals surface area contributed by atoms with E-state index >= 15 is 0 Å². The quantitative estimate of drug-likeness (QED) is 0.890. The van der Waals surface area contributed by atoms with Crippen LogP contribution in [-0.4, -0.2) is 33.7 Å². The molecule has 102 valence electrons. The molecule has 1 aliphatic rings. The van der Waals surface area contributed by atoms with Crippen LogP contribution in [0.4, 0.5) is 5.95 Å². The van der Waals surface area contributed by atoms with Gasteiger partial charge in [0.1, 0.15) is 0 Å². The first-order valence-electron chi connectivity index (χ1n) is 6.97. The van der Waals surface area contributed by atoms with Crippen LogP contribution in [0.3, 0.4) is 0 Å². The first kappa shape index (κ1) is 12.4. The fourth-order valence-corrected chi connectivity index (χ4v) is 2.78. The van der Waals surface area contributed by atoms with E-state index in [1.807, 2.05) is 16.8 Å². The van der Waals surface area contributed by atoms with Crippen LogP contribution in [0, 0.1) is 12.8 Å². The summed E-state index contributed by atoms with van der Waals surface area (Å²) in [4.78, 5) is 6.93. The number of nitrogens with two attached hydrogens (primary N) is 1. The smallest absolute Gasteiger partial charge is 0.245 e. The van der Waals surface area contributed by atoms with Crippen molar-refractivity contribution in [2.24, 2.45) is 11.7 Å². The summed E-state index contributed by atoms with van der Waals surface area (Å²) in [6.07, 6.45) is 4.33. The lowest BCUT2D eigenvalue weighted by atomic mass is 9.92. The van der Waals surface area contributed by atoms with E-state index < -0.39 is 0 Å². The molecule has 0 spiro atoms. The summed E-state index contributed by atoms with van der Waals surface area (Å²) in [7, 11) is 0. The van der Waals surface area contributed by atoms with E-state index in [1.165, 1.54) is 12.8 Å². The zero-order chi connectivity index (χ0) is 13.4. The maximum absolute atomic E-state index is 6.03. The van der Waals surface area contributed by atoms with Gasteiger partial charge in [0.2, 0.25) is 5.95 Å². The minimum absolute atomic E-state index is 0.238. The number of pyridine rings is 1. The van der Waals surface area contributed by atoms with Crippen LogP contribution in [0.25, 0.3) is 5.65 Å². The van der Waals surface area contributed by atoms with Gasteiger partial charge in [0.15, 0.2) is 5.65 Å². The minimum Gasteiger partial charge on any atom is -0.339 e. The van der Waals surface area contributed by atoms with Gasteiger partial charge in [0, 0.05) is 25.3 Å². The third-order valence-electron chi connectivity index (χ3n) is 4.03. The number of anilines is 1. The molecule has 0 amide bonds. The molecule has 1 fully saturated rings. The van der Waals surface area contributed by atoms with Gasteiger partial charge in [0.25, 0.3) is 0 Å². The second-order valence-electron chi connectivity index (χ2n) is 5.58. The Bertz CT molecular complexity index is 574. The predicted molar refractivity (Wildman–Crippen MR) is 76.3 cm³/mol. The number of fused-ring (bicyclic) bond motifs is 1. The molecule has 3 heterocycles. The molecule has 0 radical (unpaired) electrons. The number of rotatable bonds is 2. The SMILES string of the molecule is Cc1cccn2nc(N3CCCC(C(C)N)C3)nc12. The Labute approximate surface area is 113 Å². The van der Waals surface area contributed by atoms with E-state index in [0.29, 0.717) is 5.92 Å². The molecule has 3 rings (SSSR count). The Morgan fingerprint density at radius 2 is 2.32 bits per heavy atom. The van der Waals surface area contributed by atoms with Gasteiger partial charge in [-0.25, -0.2) is 4.52 Å². The lowest BCUT2D eigenvalue weighted by molar-refractivity contribution is 0.362. The molecule has 0 aromatic carbocycles. The van der Waals surface area contributed by atoms with Crippen molar-refractivity contribution < 1.29 is 0 Å². The first-order valence-corrected chi connectivity index (χ1v) is 6.97. The van der Waals surface area contributed by atoms with Crippen molar-refractivity contribution in [3.05, 3.63) is 23.9 Å². The highest BCUT2D eigenvalue weighted by Crippen LogP contribution is 2.23. The highest BCUT2D eigenvalue weighted by atomic mass is 15.4. The molecule has 1 saturated heterocycles. The molecule has 2 aromatic heterocycles. The number of nitrogens with zero attached hydrogens (tertiary/aromatic N) is 4. The molecule has 2 atom stereocenters. The van der Waals surface area contributed by atoms with Gasteiger partial charge in [-0.3, -0.25) is 0 Å². The van der Waals surface area contributed by atoms with Crippen molar-refractivity contribution in [1.82, 2.24) is 14.6 Å². The molecular weight excluding hydrogens is 238 g/mol. The van der Waals surface area contributed by atoms with Gasteiger partial charge < -0.3 is 10.6 Å². The molecule has 19 heavy (non-hydrogen) atoms. The van der Waals surface area contributed by atoms with Crippen LogP contribution in [0.15, 0.2) is 18.3 Å². The summed E-state index contributed by atoms with van der Waals surface area (Å²) in [6.45, 7) is 6.15. The molecule has 0 bridgehead atoms. The standard InChI is InChI=1S/C14H21N5/c1-10-5-3-8-19-13(10)16-14(17-19)18-7-4-6-12(9-18)11(2)15/h3,5,8,11-12H,4,6-7,9,15H2,1-2H3. The topological polar surface area (TPSA) is 59.5 Å². The summed E-state index contributed by atoms with van der Waals surface area (Å²) in [5.41, 5.74) is 8.13. The summed E-state index contributed by atoms with van der Waals surface area (Å²) in [5, 5.41) is 4.58. The average molecular weight is 259 g/mol. The van der Waals surface area contributed by atoms with Crippen LogP contribution in [0.5, 0.6) is 0 Å². The van der Waals surface area contributed by atoms with E-state index in [1.54, 1.807) is 0 Å². The Morgan fingerprint density at radius 3 is 3.05 bits per heavy atom. The monoisotopic (exact) mass is 259 g/mol. The second kappa shape index (κ2) is 4.81. The third kappa shape index (κ3) is 2.30. The van der Waals surface area contributed by atoms with Gasteiger partial charge in [-0.2, -0.15) is 4.98 Å². The summed E-state index contributed by atoms with van der Waals surface area (Å²) in [5.74, 6) is 1.38. The van der Waals surface area contributed by atoms with E-state index in [4.69, 9.17) is 5.73 Å². The van der Waals surface area contributed by atoms with E-state index in [-0.39, 0.29) is 6.04 Å². The summed E-state index contributed by atoms with van der Waals surface area (Å²) in [6, 6.07) is 4.30. The van der Waals surface area contributed by atoms with E-state index in [2.05, 4.69) is 34.9 Å². The van der Waals surface area contributed by atoms with Crippen molar-refractivity contribution in [3.63, 3.8) is 0 Å². The van der Waals surface area contributed by atoms with Crippen LogP contribution in [-0.2, 0) is 0 Å². The Kier molecular flexibility index (Phi) is 3.14. The lowest BCUT2D eigenvalue weighted by Crippen LogP contribution is -2.42. The summed E-state index contributed by atoms with van der Waals surface area (Å²) < 4.78 is 1.86. The average Bonchev–Trinajstić information content (AvgIpc) is 2.84. The van der Waals surface area contributed by atoms with Gasteiger partial charge in [-0.15, -0.1) is 5.10 Å². The first-order chi connectivity index (χ1) is 9.15. The molecule has 2 aromatic rings. The zero-order valence-corrected chi connectivity index (χ0v) is 11.6. The molecule has 1 aliphatic heterocycles. The molecule has 0 saturated carbocycles. The Hall–Kier alpha value is -1.62. The second-order valence-corrected chi connectivity index (χ2v) is 5.58. The highest BCUT2D eigenvalue weighted by molar-refractivity contribution is 5.50. The predicted octanol–water partition coefficient (Wildman–Crippen LogP) is 1.60. The lowest BCUT2D eigenvalue weighted by Gasteiger charge is -2.33. The maximum atomic E-state index is 6.03. The molecule has 2 N–H and O–H groups in total. The third-order valence-corrected chi connectivity index (χ3v) is 4.03. The van der Waals surface area contributed by atoms with Crippen molar-refractivity contribution in [2.45, 2.75) is 32.7 Å². The highest BCUT2D eigenvalue weighted by Gasteiger charge is 2.25. The number of aryl methyl sites for hydroxylation is 1. The van der Waals surface area contributed by atoms with Crippen LogP contribution >= 0.6 is 0 Å². The zero-order valence-electron chi connectivity index (χ0n) is 11.6. The van der Waals surface area contributed by atoms with Gasteiger partial charge >= 0.3 is 0 Å². The Balaban J connectivity index is 1.89. The van der Waals surface area contributed by atoms with Gasteiger partial charge in [0.05, 0.1) is 0 Å². The number of hydrogen-bond acceptors (Lipinski definition) is 4. The van der Waals surface area contributed by atoms with Crippen molar-refractivity contribution >= 4 is 11.6 Å². The molecule has 0 aliphatic carbocycles. The number of piperidine rings is 1. The fourth-order valence-electron chi connectivity index (χ4n) is 2.78. The summed E-state index contributed by atoms with van der Waals surface area (Å²) >= 11 is 0. The van der Waals surface area contributed by atoms with Crippen molar-refractivity contribution in [2.75, 3.05) is 18.0 Å². The van der Waals surface area contributed by atoms with E-state index in [9.17, 15) is 0 Å². The number of aromatic nitrogens is 3. The molecule has 5 nitrogen and oxygen atoms in total. The van der Waals surface area contributed by atoms with Crippen LogP contribution in [0.1, 0.15) is 25.3 Å². The van der Waals surface area contributed by atoms with Crippen molar-refractivity contribution in [3.8, 4) is 0 Å².